The summed E-state index contributed by atoms with van der Waals surface area (Å²) in [6, 6.07) is 1.82. The van der Waals surface area contributed by atoms with Gasteiger partial charge in [-0.3, -0.25) is 4.57 Å². The molecule has 0 aliphatic rings. The Hall–Kier alpha value is -0.360. The maximum Gasteiger partial charge on any atom is 0.326 e. The van der Waals surface area contributed by atoms with Crippen LogP contribution in [-0.2, 0) is 4.57 Å². The molecule has 4 nitrogen and oxygen atoms in total. The molecule has 10 heavy (non-hydrogen) atoms. The van der Waals surface area contributed by atoms with Gasteiger partial charge >= 0.3 is 7.60 Å². The molecule has 0 heterocycles. The standard InChI is InChI=1S/C5H10NO3P/c1-2-5(3-6)4-10(7,8)9/h5H,2,4H2,1H3,(H2,7,8,9). The van der Waals surface area contributed by atoms with Crippen LogP contribution in [0.1, 0.15) is 13.3 Å². The van der Waals surface area contributed by atoms with E-state index in [2.05, 4.69) is 0 Å². The molecule has 0 rings (SSSR count). The van der Waals surface area contributed by atoms with Gasteiger partial charge in [-0.2, -0.15) is 5.26 Å². The van der Waals surface area contributed by atoms with Crippen molar-refractivity contribution in [2.24, 2.45) is 5.92 Å². The van der Waals surface area contributed by atoms with Crippen molar-refractivity contribution in [2.45, 2.75) is 13.3 Å². The summed E-state index contributed by atoms with van der Waals surface area (Å²) < 4.78 is 10.3. The van der Waals surface area contributed by atoms with Crippen molar-refractivity contribution < 1.29 is 14.4 Å². The van der Waals surface area contributed by atoms with Gasteiger partial charge in [0.1, 0.15) is 0 Å². The summed E-state index contributed by atoms with van der Waals surface area (Å²) in [4.78, 5) is 16.8. The number of hydrogen-bond donors (Lipinski definition) is 2. The van der Waals surface area contributed by atoms with Crippen LogP contribution < -0.4 is 0 Å². The molecule has 0 aliphatic heterocycles. The zero-order valence-corrected chi connectivity index (χ0v) is 6.58. The first kappa shape index (κ1) is 9.64. The maximum atomic E-state index is 10.3. The highest BCUT2D eigenvalue weighted by atomic mass is 31.2. The van der Waals surface area contributed by atoms with E-state index in [0.717, 1.165) is 0 Å². The van der Waals surface area contributed by atoms with Crippen molar-refractivity contribution in [3.8, 4) is 6.07 Å². The number of hydrogen-bond acceptors (Lipinski definition) is 2. The van der Waals surface area contributed by atoms with E-state index in [-0.39, 0.29) is 6.16 Å². The van der Waals surface area contributed by atoms with Gasteiger partial charge in [0.15, 0.2) is 0 Å². The lowest BCUT2D eigenvalue weighted by Crippen LogP contribution is -2.02. The second-order valence-electron chi connectivity index (χ2n) is 2.08. The van der Waals surface area contributed by atoms with Crippen LogP contribution in [0, 0.1) is 17.2 Å². The highest BCUT2D eigenvalue weighted by molar-refractivity contribution is 7.51. The second-order valence-corrected chi connectivity index (χ2v) is 3.78. The lowest BCUT2D eigenvalue weighted by molar-refractivity contribution is 0.366. The molecule has 0 fully saturated rings. The van der Waals surface area contributed by atoms with Gasteiger partial charge in [0.2, 0.25) is 0 Å². The highest BCUT2D eigenvalue weighted by Crippen LogP contribution is 2.37. The Morgan fingerprint density at radius 1 is 1.70 bits per heavy atom. The Labute approximate surface area is 59.6 Å². The second kappa shape index (κ2) is 3.72. The molecule has 0 aliphatic carbocycles. The normalized spacial score (nSPS) is 14.2. The van der Waals surface area contributed by atoms with Gasteiger partial charge in [0, 0.05) is 0 Å². The summed E-state index contributed by atoms with van der Waals surface area (Å²) in [6.07, 6.45) is 0.168. The van der Waals surface area contributed by atoms with E-state index in [0.29, 0.717) is 6.42 Å². The van der Waals surface area contributed by atoms with Crippen molar-refractivity contribution in [1.82, 2.24) is 0 Å². The van der Waals surface area contributed by atoms with E-state index < -0.39 is 13.5 Å². The Morgan fingerprint density at radius 2 is 2.20 bits per heavy atom. The smallest absolute Gasteiger partial charge is 0.324 e. The molecular formula is C5H10NO3P. The van der Waals surface area contributed by atoms with Gasteiger partial charge in [0.05, 0.1) is 18.1 Å². The third-order valence-corrected chi connectivity index (χ3v) is 2.05. The summed E-state index contributed by atoms with van der Waals surface area (Å²) >= 11 is 0. The maximum absolute atomic E-state index is 10.3. The van der Waals surface area contributed by atoms with Crippen molar-refractivity contribution in [3.63, 3.8) is 0 Å². The first-order valence-electron chi connectivity index (χ1n) is 2.93. The minimum atomic E-state index is -3.98. The highest BCUT2D eigenvalue weighted by Gasteiger charge is 2.19. The minimum absolute atomic E-state index is 0.319. The summed E-state index contributed by atoms with van der Waals surface area (Å²) in [6.45, 7) is 1.73. The van der Waals surface area contributed by atoms with Crippen LogP contribution in [-0.4, -0.2) is 15.9 Å². The van der Waals surface area contributed by atoms with Crippen LogP contribution in [0.4, 0.5) is 0 Å². The van der Waals surface area contributed by atoms with Crippen LogP contribution >= 0.6 is 7.60 Å². The van der Waals surface area contributed by atoms with E-state index in [4.69, 9.17) is 15.0 Å². The molecule has 0 saturated carbocycles. The predicted molar refractivity (Wildman–Crippen MR) is 36.3 cm³/mol. The van der Waals surface area contributed by atoms with Gasteiger partial charge < -0.3 is 9.79 Å². The van der Waals surface area contributed by atoms with Crippen molar-refractivity contribution >= 4 is 7.60 Å². The molecule has 0 amide bonds. The van der Waals surface area contributed by atoms with Crippen molar-refractivity contribution in [3.05, 3.63) is 0 Å². The summed E-state index contributed by atoms with van der Waals surface area (Å²) in [7, 11) is -3.98. The predicted octanol–water partition coefficient (Wildman–Crippen LogP) is 0.714. The van der Waals surface area contributed by atoms with Crippen molar-refractivity contribution in [2.75, 3.05) is 6.16 Å². The molecule has 2 N–H and O–H groups in total. The van der Waals surface area contributed by atoms with Crippen LogP contribution in [0.25, 0.3) is 0 Å². The summed E-state index contributed by atoms with van der Waals surface area (Å²) in [5, 5.41) is 8.30. The zero-order valence-electron chi connectivity index (χ0n) is 5.69. The lowest BCUT2D eigenvalue weighted by Gasteiger charge is -2.05. The summed E-state index contributed by atoms with van der Waals surface area (Å²) in [5.74, 6) is -0.513. The fraction of sp³-hybridized carbons (Fsp3) is 0.800. The number of nitriles is 1. The Kier molecular flexibility index (Phi) is 3.59. The van der Waals surface area contributed by atoms with E-state index in [9.17, 15) is 4.57 Å². The minimum Gasteiger partial charge on any atom is -0.324 e. The van der Waals surface area contributed by atoms with E-state index in [1.165, 1.54) is 0 Å². The van der Waals surface area contributed by atoms with Gasteiger partial charge in [-0.1, -0.05) is 6.92 Å². The molecule has 0 aromatic carbocycles. The van der Waals surface area contributed by atoms with Crippen LogP contribution in [0.2, 0.25) is 0 Å². The van der Waals surface area contributed by atoms with E-state index in [1.807, 2.05) is 6.07 Å². The molecule has 0 radical (unpaired) electrons. The molecular weight excluding hydrogens is 153 g/mol. The SMILES string of the molecule is CCC(C#N)CP(=O)(O)O. The van der Waals surface area contributed by atoms with Gasteiger partial charge in [-0.25, -0.2) is 0 Å². The fourth-order valence-corrected chi connectivity index (χ4v) is 1.46. The number of nitrogens with zero attached hydrogens (tertiary/aromatic N) is 1. The van der Waals surface area contributed by atoms with Gasteiger partial charge in [-0.05, 0) is 6.42 Å². The molecule has 58 valence electrons. The first-order chi connectivity index (χ1) is 4.49. The number of rotatable bonds is 3. The van der Waals surface area contributed by atoms with Crippen molar-refractivity contribution in [1.29, 1.82) is 5.26 Å². The monoisotopic (exact) mass is 163 g/mol. The summed E-state index contributed by atoms with van der Waals surface area (Å²) in [5.41, 5.74) is 0. The molecule has 0 spiro atoms. The topological polar surface area (TPSA) is 81.3 Å². The van der Waals surface area contributed by atoms with Crippen LogP contribution in [0.5, 0.6) is 0 Å². The molecule has 5 heteroatoms. The lowest BCUT2D eigenvalue weighted by atomic mass is 10.1. The molecule has 0 bridgehead atoms. The molecule has 1 atom stereocenters. The first-order valence-corrected chi connectivity index (χ1v) is 4.73. The van der Waals surface area contributed by atoms with Gasteiger partial charge in [0.25, 0.3) is 0 Å². The average Bonchev–Trinajstić information content (AvgIpc) is 1.81. The Bertz CT molecular complexity index is 180. The molecule has 0 aromatic heterocycles. The quantitative estimate of drug-likeness (QED) is 0.600. The van der Waals surface area contributed by atoms with E-state index >= 15 is 0 Å². The van der Waals surface area contributed by atoms with Crippen LogP contribution in [0.15, 0.2) is 0 Å². The fourth-order valence-electron chi connectivity index (χ4n) is 0.548. The third kappa shape index (κ3) is 4.51. The average molecular weight is 163 g/mol. The van der Waals surface area contributed by atoms with Gasteiger partial charge in [-0.15, -0.1) is 0 Å². The third-order valence-electron chi connectivity index (χ3n) is 1.13. The molecule has 0 saturated heterocycles. The molecule has 0 aromatic rings. The van der Waals surface area contributed by atoms with E-state index in [1.54, 1.807) is 6.92 Å². The van der Waals surface area contributed by atoms with Crippen LogP contribution in [0.3, 0.4) is 0 Å². The Balaban J connectivity index is 3.91. The Morgan fingerprint density at radius 3 is 2.30 bits per heavy atom. The zero-order chi connectivity index (χ0) is 8.20. The molecule has 1 unspecified atom stereocenters. The largest absolute Gasteiger partial charge is 0.326 e.